The van der Waals surface area contributed by atoms with Gasteiger partial charge >= 0.3 is 5.63 Å². The Morgan fingerprint density at radius 2 is 1.92 bits per heavy atom. The Labute approximate surface area is 145 Å². The lowest BCUT2D eigenvalue weighted by Gasteiger charge is -2.17. The molecule has 0 bridgehead atoms. The van der Waals surface area contributed by atoms with Crippen molar-refractivity contribution in [3.8, 4) is 5.75 Å². The first kappa shape index (κ1) is 16.8. The van der Waals surface area contributed by atoms with E-state index in [0.29, 0.717) is 23.4 Å². The van der Waals surface area contributed by atoms with Crippen molar-refractivity contribution in [3.63, 3.8) is 0 Å². The van der Waals surface area contributed by atoms with Gasteiger partial charge in [0.1, 0.15) is 11.3 Å². The lowest BCUT2D eigenvalue weighted by atomic mass is 10.1. The SMILES string of the molecule is CC[C@H](Oc1ccccc1)C(=O)Nc1ccc2c(C)cc(=O)oc2c1. The van der Waals surface area contributed by atoms with E-state index in [2.05, 4.69) is 5.32 Å². The van der Waals surface area contributed by atoms with E-state index in [-0.39, 0.29) is 5.91 Å². The highest BCUT2D eigenvalue weighted by atomic mass is 16.5. The number of amides is 1. The number of para-hydroxylation sites is 1. The van der Waals surface area contributed by atoms with Gasteiger partial charge in [-0.05, 0) is 43.2 Å². The Morgan fingerprint density at radius 1 is 1.16 bits per heavy atom. The molecule has 1 atom stereocenters. The maximum absolute atomic E-state index is 12.5. The first-order valence-corrected chi connectivity index (χ1v) is 8.14. The molecule has 3 rings (SSSR count). The number of nitrogens with one attached hydrogen (secondary N) is 1. The molecule has 128 valence electrons. The van der Waals surface area contributed by atoms with Crippen LogP contribution in [0, 0.1) is 6.92 Å². The predicted octanol–water partition coefficient (Wildman–Crippen LogP) is 3.90. The van der Waals surface area contributed by atoms with E-state index >= 15 is 0 Å². The Hall–Kier alpha value is -3.08. The van der Waals surface area contributed by atoms with E-state index in [9.17, 15) is 9.59 Å². The summed E-state index contributed by atoms with van der Waals surface area (Å²) in [6.45, 7) is 3.73. The van der Waals surface area contributed by atoms with Crippen LogP contribution in [0.15, 0.2) is 63.8 Å². The highest BCUT2D eigenvalue weighted by Crippen LogP contribution is 2.21. The average molecular weight is 337 g/mol. The van der Waals surface area contributed by atoms with E-state index in [4.69, 9.17) is 9.15 Å². The van der Waals surface area contributed by atoms with Crippen LogP contribution >= 0.6 is 0 Å². The Morgan fingerprint density at radius 3 is 2.64 bits per heavy atom. The van der Waals surface area contributed by atoms with Crippen molar-refractivity contribution in [1.82, 2.24) is 0 Å². The molecule has 0 aliphatic carbocycles. The lowest BCUT2D eigenvalue weighted by Crippen LogP contribution is -2.32. The highest BCUT2D eigenvalue weighted by molar-refractivity contribution is 5.96. The molecule has 1 heterocycles. The van der Waals surface area contributed by atoms with Gasteiger partial charge in [-0.3, -0.25) is 4.79 Å². The van der Waals surface area contributed by atoms with Gasteiger partial charge in [0.25, 0.3) is 5.91 Å². The van der Waals surface area contributed by atoms with E-state index in [1.807, 2.05) is 50.2 Å². The maximum atomic E-state index is 12.5. The molecule has 0 aliphatic heterocycles. The summed E-state index contributed by atoms with van der Waals surface area (Å²) in [6.07, 6.45) is -0.0784. The fraction of sp³-hybridized carbons (Fsp3) is 0.200. The Bertz CT molecular complexity index is 947. The van der Waals surface area contributed by atoms with E-state index in [0.717, 1.165) is 10.9 Å². The summed E-state index contributed by atoms with van der Waals surface area (Å²) >= 11 is 0. The van der Waals surface area contributed by atoms with Crippen molar-refractivity contribution < 1.29 is 13.9 Å². The van der Waals surface area contributed by atoms with Crippen molar-refractivity contribution >= 4 is 22.6 Å². The summed E-state index contributed by atoms with van der Waals surface area (Å²) in [5.41, 5.74) is 1.43. The summed E-state index contributed by atoms with van der Waals surface area (Å²) in [7, 11) is 0. The molecule has 0 unspecified atom stereocenters. The molecule has 2 aromatic carbocycles. The number of aryl methyl sites for hydroxylation is 1. The number of carbonyl (C=O) groups is 1. The molecule has 5 nitrogen and oxygen atoms in total. The van der Waals surface area contributed by atoms with Gasteiger partial charge in [0.2, 0.25) is 0 Å². The summed E-state index contributed by atoms with van der Waals surface area (Å²) in [5, 5.41) is 3.66. The molecule has 1 aromatic heterocycles. The van der Waals surface area contributed by atoms with Crippen LogP contribution < -0.4 is 15.7 Å². The molecule has 3 aromatic rings. The van der Waals surface area contributed by atoms with Crippen LogP contribution in [0.4, 0.5) is 5.69 Å². The molecule has 0 spiro atoms. The molecule has 0 aliphatic rings. The largest absolute Gasteiger partial charge is 0.481 e. The number of ether oxygens (including phenoxy) is 1. The van der Waals surface area contributed by atoms with Gasteiger partial charge in [0.05, 0.1) is 0 Å². The van der Waals surface area contributed by atoms with Crippen LogP contribution in [0.5, 0.6) is 5.75 Å². The molecular formula is C20H19NO4. The van der Waals surface area contributed by atoms with Crippen molar-refractivity contribution in [2.24, 2.45) is 0 Å². The molecule has 0 fully saturated rings. The van der Waals surface area contributed by atoms with Crippen molar-refractivity contribution in [1.29, 1.82) is 0 Å². The fourth-order valence-corrected chi connectivity index (χ4v) is 2.61. The summed E-state index contributed by atoms with van der Waals surface area (Å²) in [5.74, 6) is 0.394. The number of carbonyl (C=O) groups excluding carboxylic acids is 1. The van der Waals surface area contributed by atoms with Crippen LogP contribution in [-0.2, 0) is 4.79 Å². The second kappa shape index (κ2) is 7.21. The third kappa shape index (κ3) is 3.88. The Kier molecular flexibility index (Phi) is 4.84. The van der Waals surface area contributed by atoms with Crippen LogP contribution in [0.25, 0.3) is 11.0 Å². The number of benzene rings is 2. The third-order valence-corrected chi connectivity index (χ3v) is 3.90. The lowest BCUT2D eigenvalue weighted by molar-refractivity contribution is -0.122. The first-order chi connectivity index (χ1) is 12.1. The van der Waals surface area contributed by atoms with Crippen LogP contribution in [0.3, 0.4) is 0 Å². The van der Waals surface area contributed by atoms with E-state index in [1.165, 1.54) is 6.07 Å². The molecular weight excluding hydrogens is 318 g/mol. The quantitative estimate of drug-likeness (QED) is 0.717. The van der Waals surface area contributed by atoms with Crippen LogP contribution in [-0.4, -0.2) is 12.0 Å². The Balaban J connectivity index is 1.79. The van der Waals surface area contributed by atoms with Crippen molar-refractivity contribution in [2.45, 2.75) is 26.4 Å². The highest BCUT2D eigenvalue weighted by Gasteiger charge is 2.18. The molecule has 25 heavy (non-hydrogen) atoms. The zero-order valence-electron chi connectivity index (χ0n) is 14.1. The van der Waals surface area contributed by atoms with Gasteiger partial charge in [-0.2, -0.15) is 0 Å². The minimum absolute atomic E-state index is 0.249. The summed E-state index contributed by atoms with van der Waals surface area (Å²) in [6, 6.07) is 15.9. The second-order valence-corrected chi connectivity index (χ2v) is 5.78. The normalized spacial score (nSPS) is 11.9. The minimum Gasteiger partial charge on any atom is -0.481 e. The number of rotatable bonds is 5. The fourth-order valence-electron chi connectivity index (χ4n) is 2.61. The van der Waals surface area contributed by atoms with Gasteiger partial charge in [0.15, 0.2) is 6.10 Å². The van der Waals surface area contributed by atoms with E-state index < -0.39 is 11.7 Å². The molecule has 1 N–H and O–H groups in total. The van der Waals surface area contributed by atoms with Crippen molar-refractivity contribution in [3.05, 3.63) is 70.6 Å². The second-order valence-electron chi connectivity index (χ2n) is 5.78. The number of anilines is 1. The average Bonchev–Trinajstić information content (AvgIpc) is 2.60. The molecule has 0 saturated heterocycles. The molecule has 0 radical (unpaired) electrons. The van der Waals surface area contributed by atoms with Crippen LogP contribution in [0.1, 0.15) is 18.9 Å². The summed E-state index contributed by atoms with van der Waals surface area (Å²) < 4.78 is 10.9. The first-order valence-electron chi connectivity index (χ1n) is 8.14. The number of fused-ring (bicyclic) bond motifs is 1. The molecule has 1 amide bonds. The monoisotopic (exact) mass is 337 g/mol. The number of hydrogen-bond donors (Lipinski definition) is 1. The minimum atomic E-state index is -0.609. The zero-order chi connectivity index (χ0) is 17.8. The van der Waals surface area contributed by atoms with Gasteiger partial charge < -0.3 is 14.5 Å². The predicted molar refractivity (Wildman–Crippen MR) is 97.0 cm³/mol. The number of hydrogen-bond acceptors (Lipinski definition) is 4. The topological polar surface area (TPSA) is 68.5 Å². The van der Waals surface area contributed by atoms with Crippen molar-refractivity contribution in [2.75, 3.05) is 5.32 Å². The summed E-state index contributed by atoms with van der Waals surface area (Å²) in [4.78, 5) is 24.0. The smallest absolute Gasteiger partial charge is 0.336 e. The molecule has 5 heteroatoms. The zero-order valence-corrected chi connectivity index (χ0v) is 14.1. The van der Waals surface area contributed by atoms with Gasteiger partial charge in [-0.15, -0.1) is 0 Å². The molecule has 0 saturated carbocycles. The van der Waals surface area contributed by atoms with Crippen LogP contribution in [0.2, 0.25) is 0 Å². The maximum Gasteiger partial charge on any atom is 0.336 e. The third-order valence-electron chi connectivity index (χ3n) is 3.90. The van der Waals surface area contributed by atoms with Gasteiger partial charge in [-0.25, -0.2) is 4.79 Å². The van der Waals surface area contributed by atoms with Gasteiger partial charge in [-0.1, -0.05) is 25.1 Å². The standard InChI is InChI=1S/C20H19NO4/c1-3-17(24-15-7-5-4-6-8-15)20(23)21-14-9-10-16-13(2)11-19(22)25-18(16)12-14/h4-12,17H,3H2,1-2H3,(H,21,23)/t17-/m0/s1. The van der Waals surface area contributed by atoms with Gasteiger partial charge in [0, 0.05) is 23.2 Å². The van der Waals surface area contributed by atoms with E-state index in [1.54, 1.807) is 12.1 Å².